The van der Waals surface area contributed by atoms with E-state index in [0.29, 0.717) is 35.2 Å². The number of rotatable bonds is 8. The first-order valence-corrected chi connectivity index (χ1v) is 15.1. The van der Waals surface area contributed by atoms with Gasteiger partial charge < -0.3 is 19.9 Å². The van der Waals surface area contributed by atoms with Crippen LogP contribution in [0.25, 0.3) is 5.65 Å². The number of nitrogens with zero attached hydrogens (tertiary/aromatic N) is 6. The van der Waals surface area contributed by atoms with Crippen molar-refractivity contribution in [2.75, 3.05) is 41.7 Å². The molecule has 2 aliphatic heterocycles. The second kappa shape index (κ2) is 9.99. The molecule has 5 heterocycles. The number of fused-ring (bicyclic) bond motifs is 3. The van der Waals surface area contributed by atoms with Gasteiger partial charge in [-0.2, -0.15) is 0 Å². The SMILES string of the molecule is O=C(Nc1cc(NCc2cn3cc(C4CC4)cc(N4CCN5CCC4C5)c3n2)ncn1)C1CC1c1cccc(Cl)c1. The maximum absolute atomic E-state index is 12.9. The van der Waals surface area contributed by atoms with Gasteiger partial charge in [0.2, 0.25) is 5.91 Å². The number of amides is 1. The lowest BCUT2D eigenvalue weighted by molar-refractivity contribution is -0.117. The van der Waals surface area contributed by atoms with Gasteiger partial charge in [-0.15, -0.1) is 0 Å². The zero-order valence-electron chi connectivity index (χ0n) is 22.8. The van der Waals surface area contributed by atoms with Crippen LogP contribution in [-0.4, -0.2) is 62.4 Å². The summed E-state index contributed by atoms with van der Waals surface area (Å²) in [6.07, 6.45) is 10.5. The Morgan fingerprint density at radius 2 is 1.90 bits per heavy atom. The van der Waals surface area contributed by atoms with Crippen molar-refractivity contribution in [3.05, 3.63) is 77.0 Å². The first-order chi connectivity index (χ1) is 20.1. The van der Waals surface area contributed by atoms with Crippen LogP contribution in [0.1, 0.15) is 54.3 Å². The van der Waals surface area contributed by atoms with Gasteiger partial charge in [-0.1, -0.05) is 23.7 Å². The van der Waals surface area contributed by atoms with E-state index in [4.69, 9.17) is 16.6 Å². The number of hydrogen-bond donors (Lipinski definition) is 2. The van der Waals surface area contributed by atoms with Gasteiger partial charge in [0.1, 0.15) is 18.0 Å². The highest BCUT2D eigenvalue weighted by Gasteiger charge is 2.44. The number of pyridine rings is 1. The molecule has 2 N–H and O–H groups in total. The lowest BCUT2D eigenvalue weighted by atomic mass is 10.1. The number of carbonyl (C=O) groups excluding carboxylic acids is 1. The number of hydrogen-bond acceptors (Lipinski definition) is 7. The summed E-state index contributed by atoms with van der Waals surface area (Å²) in [4.78, 5) is 31.8. The second-order valence-electron chi connectivity index (χ2n) is 12.0. The Kier molecular flexibility index (Phi) is 6.11. The molecule has 41 heavy (non-hydrogen) atoms. The normalized spacial score (nSPS) is 25.0. The molecule has 1 aromatic carbocycles. The summed E-state index contributed by atoms with van der Waals surface area (Å²) in [5.41, 5.74) is 5.79. The quantitative estimate of drug-likeness (QED) is 0.312. The van der Waals surface area contributed by atoms with Crippen molar-refractivity contribution in [2.24, 2.45) is 5.92 Å². The molecule has 4 aromatic rings. The van der Waals surface area contributed by atoms with Gasteiger partial charge >= 0.3 is 0 Å². The number of anilines is 3. The number of aromatic nitrogens is 4. The Hall–Kier alpha value is -3.69. The molecule has 4 fully saturated rings. The van der Waals surface area contributed by atoms with Crippen molar-refractivity contribution in [1.29, 1.82) is 0 Å². The van der Waals surface area contributed by atoms with Crippen molar-refractivity contribution in [3.8, 4) is 0 Å². The second-order valence-corrected chi connectivity index (χ2v) is 12.4. The van der Waals surface area contributed by atoms with E-state index in [0.717, 1.165) is 43.0 Å². The summed E-state index contributed by atoms with van der Waals surface area (Å²) in [5, 5.41) is 7.05. The molecule has 4 unspecified atom stereocenters. The maximum Gasteiger partial charge on any atom is 0.229 e. The molecule has 8 rings (SSSR count). The van der Waals surface area contributed by atoms with Crippen molar-refractivity contribution < 1.29 is 4.79 Å². The van der Waals surface area contributed by atoms with Crippen LogP contribution in [0.2, 0.25) is 5.02 Å². The number of halogens is 1. The minimum atomic E-state index is -0.0697. The zero-order chi connectivity index (χ0) is 27.5. The topological polar surface area (TPSA) is 90.7 Å². The summed E-state index contributed by atoms with van der Waals surface area (Å²) in [6.45, 7) is 5.07. The molecular weight excluding hydrogens is 536 g/mol. The van der Waals surface area contributed by atoms with E-state index in [1.54, 1.807) is 6.07 Å². The molecule has 210 valence electrons. The van der Waals surface area contributed by atoms with Crippen LogP contribution in [0, 0.1) is 5.92 Å². The van der Waals surface area contributed by atoms with E-state index in [1.807, 2.05) is 24.3 Å². The zero-order valence-corrected chi connectivity index (χ0v) is 23.6. The average molecular weight is 569 g/mol. The fourth-order valence-electron chi connectivity index (χ4n) is 6.62. The molecule has 10 heteroatoms. The molecule has 4 aliphatic rings. The van der Waals surface area contributed by atoms with Gasteiger partial charge in [-0.25, -0.2) is 15.0 Å². The summed E-state index contributed by atoms with van der Waals surface area (Å²) in [6, 6.07) is 12.5. The Labute approximate surface area is 243 Å². The van der Waals surface area contributed by atoms with Crippen LogP contribution in [0.15, 0.2) is 55.1 Å². The minimum Gasteiger partial charge on any atom is -0.364 e. The molecule has 0 spiro atoms. The molecule has 2 bridgehead atoms. The van der Waals surface area contributed by atoms with E-state index in [9.17, 15) is 4.79 Å². The van der Waals surface area contributed by atoms with Crippen LogP contribution in [-0.2, 0) is 11.3 Å². The molecule has 9 nitrogen and oxygen atoms in total. The van der Waals surface area contributed by atoms with E-state index >= 15 is 0 Å². The number of nitrogens with one attached hydrogen (secondary N) is 2. The summed E-state index contributed by atoms with van der Waals surface area (Å²) in [7, 11) is 0. The standard InChI is InChI=1S/C31H33ClN8O/c32-22-3-1-2-20(10-22)25-12-26(25)31(41)37-29-13-28(34-18-35-29)33-14-23-16-39-15-21(19-4-5-19)11-27(30(39)36-23)40-9-8-38-7-6-24(40)17-38/h1-3,10-11,13,15-16,18-19,24-26H,4-9,12,14,17H2,(H2,33,34,35,37,41). The fraction of sp³-hybridized carbons (Fsp3) is 0.419. The third-order valence-corrected chi connectivity index (χ3v) is 9.31. The van der Waals surface area contributed by atoms with E-state index in [-0.39, 0.29) is 17.7 Å². The highest BCUT2D eigenvalue weighted by atomic mass is 35.5. The summed E-state index contributed by atoms with van der Waals surface area (Å²) in [5.74, 6) is 1.92. The largest absolute Gasteiger partial charge is 0.364 e. The Balaban J connectivity index is 0.963. The maximum atomic E-state index is 12.9. The van der Waals surface area contributed by atoms with Crippen LogP contribution in [0.5, 0.6) is 0 Å². The molecule has 0 radical (unpaired) electrons. The predicted molar refractivity (Wildman–Crippen MR) is 160 cm³/mol. The predicted octanol–water partition coefficient (Wildman–Crippen LogP) is 4.90. The van der Waals surface area contributed by atoms with Gasteiger partial charge in [0.05, 0.1) is 17.9 Å². The molecule has 2 saturated heterocycles. The molecule has 3 aromatic heterocycles. The first kappa shape index (κ1) is 25.1. The first-order valence-electron chi connectivity index (χ1n) is 14.7. The monoisotopic (exact) mass is 568 g/mol. The van der Waals surface area contributed by atoms with Crippen LogP contribution < -0.4 is 15.5 Å². The molecule has 2 saturated carbocycles. The number of imidazole rings is 1. The molecular formula is C31H33ClN8O. The third-order valence-electron chi connectivity index (χ3n) is 9.08. The van der Waals surface area contributed by atoms with Gasteiger partial charge in [0.25, 0.3) is 0 Å². The number of piperazine rings is 1. The Morgan fingerprint density at radius 3 is 2.78 bits per heavy atom. The molecule has 4 atom stereocenters. The molecule has 2 aliphatic carbocycles. The van der Waals surface area contributed by atoms with E-state index < -0.39 is 0 Å². The third kappa shape index (κ3) is 5.02. The summed E-state index contributed by atoms with van der Waals surface area (Å²) >= 11 is 6.13. The highest BCUT2D eigenvalue weighted by molar-refractivity contribution is 6.30. The highest BCUT2D eigenvalue weighted by Crippen LogP contribution is 2.48. The van der Waals surface area contributed by atoms with E-state index in [1.165, 1.54) is 43.4 Å². The fourth-order valence-corrected chi connectivity index (χ4v) is 6.82. The lowest BCUT2D eigenvalue weighted by Gasteiger charge is -2.36. The van der Waals surface area contributed by atoms with Gasteiger partial charge in [0.15, 0.2) is 5.65 Å². The number of carbonyl (C=O) groups is 1. The van der Waals surface area contributed by atoms with Gasteiger partial charge in [-0.05, 0) is 66.8 Å². The average Bonchev–Trinajstić information content (AvgIpc) is 3.90. The van der Waals surface area contributed by atoms with Crippen molar-refractivity contribution in [2.45, 2.75) is 50.1 Å². The summed E-state index contributed by atoms with van der Waals surface area (Å²) < 4.78 is 2.22. The van der Waals surface area contributed by atoms with Crippen molar-refractivity contribution in [1.82, 2.24) is 24.3 Å². The van der Waals surface area contributed by atoms with Gasteiger partial charge in [-0.3, -0.25) is 9.69 Å². The van der Waals surface area contributed by atoms with Crippen LogP contribution in [0.3, 0.4) is 0 Å². The van der Waals surface area contributed by atoms with Crippen LogP contribution >= 0.6 is 11.6 Å². The smallest absolute Gasteiger partial charge is 0.229 e. The minimum absolute atomic E-state index is 0.0259. The lowest BCUT2D eigenvalue weighted by Crippen LogP contribution is -2.47. The molecule has 1 amide bonds. The Bertz CT molecular complexity index is 1630. The van der Waals surface area contributed by atoms with Crippen molar-refractivity contribution in [3.63, 3.8) is 0 Å². The van der Waals surface area contributed by atoms with E-state index in [2.05, 4.69) is 53.3 Å². The number of benzene rings is 1. The van der Waals surface area contributed by atoms with Crippen molar-refractivity contribution >= 4 is 40.5 Å². The van der Waals surface area contributed by atoms with Crippen LogP contribution in [0.4, 0.5) is 17.3 Å². The Morgan fingerprint density at radius 1 is 1.00 bits per heavy atom. The van der Waals surface area contributed by atoms with Gasteiger partial charge in [0, 0.05) is 61.6 Å².